The number of halogens is 1. The molecule has 0 radical (unpaired) electrons. The van der Waals surface area contributed by atoms with Crippen LogP contribution in [0.4, 0.5) is 5.69 Å². The summed E-state index contributed by atoms with van der Waals surface area (Å²) >= 11 is 5.85. The molecular weight excluding hydrogens is 294 g/mol. The maximum Gasteiger partial charge on any atom is 0.312 e. The summed E-state index contributed by atoms with van der Waals surface area (Å²) in [7, 11) is 0. The Morgan fingerprint density at radius 2 is 2.05 bits per heavy atom. The molecule has 0 unspecified atom stereocenters. The molecule has 1 aliphatic rings. The van der Waals surface area contributed by atoms with E-state index in [1.54, 1.807) is 0 Å². The van der Waals surface area contributed by atoms with Crippen LogP contribution in [0.1, 0.15) is 38.7 Å². The third-order valence-corrected chi connectivity index (χ3v) is 3.98. The lowest BCUT2D eigenvalue weighted by atomic mass is 10.00. The van der Waals surface area contributed by atoms with Crippen molar-refractivity contribution in [3.63, 3.8) is 0 Å². The average Bonchev–Trinajstić information content (AvgIpc) is 2.41. The third-order valence-electron chi connectivity index (χ3n) is 3.76. The molecule has 0 spiro atoms. The van der Waals surface area contributed by atoms with Crippen molar-refractivity contribution in [2.45, 2.75) is 45.2 Å². The van der Waals surface area contributed by atoms with E-state index in [1.807, 2.05) is 5.01 Å². The van der Waals surface area contributed by atoms with Gasteiger partial charge in [-0.15, -0.1) is 0 Å². The van der Waals surface area contributed by atoms with Gasteiger partial charge in [0.15, 0.2) is 0 Å². The molecule has 2 rings (SSSR count). The van der Waals surface area contributed by atoms with Gasteiger partial charge in [0.25, 0.3) is 0 Å². The molecule has 7 heteroatoms. The first-order valence-corrected chi connectivity index (χ1v) is 7.27. The smallest absolute Gasteiger partial charge is 0.312 e. The van der Waals surface area contributed by atoms with Crippen molar-refractivity contribution in [1.29, 1.82) is 0 Å². The van der Waals surface area contributed by atoms with Gasteiger partial charge >= 0.3 is 5.69 Å². The fourth-order valence-electron chi connectivity index (χ4n) is 2.61. The van der Waals surface area contributed by atoms with Crippen LogP contribution in [0.15, 0.2) is 17.2 Å². The molecule has 0 aromatic heterocycles. The second-order valence-corrected chi connectivity index (χ2v) is 5.81. The molecule has 1 saturated heterocycles. The number of hydrogen-bond acceptors (Lipinski definition) is 5. The second-order valence-electron chi connectivity index (χ2n) is 5.37. The van der Waals surface area contributed by atoms with Crippen molar-refractivity contribution >= 4 is 23.5 Å². The zero-order valence-electron chi connectivity index (χ0n) is 12.0. The highest BCUT2D eigenvalue weighted by Gasteiger charge is 2.23. The van der Waals surface area contributed by atoms with Crippen molar-refractivity contribution in [2.24, 2.45) is 5.10 Å². The lowest BCUT2D eigenvalue weighted by Gasteiger charge is -2.36. The van der Waals surface area contributed by atoms with Crippen LogP contribution in [0.25, 0.3) is 0 Å². The number of nitro groups is 1. The van der Waals surface area contributed by atoms with E-state index in [2.05, 4.69) is 18.9 Å². The van der Waals surface area contributed by atoms with Gasteiger partial charge in [-0.2, -0.15) is 5.10 Å². The molecule has 114 valence electrons. The Morgan fingerprint density at radius 1 is 1.43 bits per heavy atom. The summed E-state index contributed by atoms with van der Waals surface area (Å²) in [4.78, 5) is 10.2. The number of aromatic hydroxyl groups is 1. The van der Waals surface area contributed by atoms with Gasteiger partial charge in [0, 0.05) is 28.7 Å². The van der Waals surface area contributed by atoms with Gasteiger partial charge in [0.05, 0.1) is 11.1 Å². The number of hydrogen-bond donors (Lipinski definition) is 1. The molecule has 2 atom stereocenters. The van der Waals surface area contributed by atoms with Crippen LogP contribution < -0.4 is 0 Å². The highest BCUT2D eigenvalue weighted by atomic mass is 35.5. The maximum atomic E-state index is 10.9. The summed E-state index contributed by atoms with van der Waals surface area (Å²) in [5.41, 5.74) is -0.164. The van der Waals surface area contributed by atoms with E-state index in [0.29, 0.717) is 12.1 Å². The number of rotatable bonds is 3. The van der Waals surface area contributed by atoms with Crippen LogP contribution in [-0.2, 0) is 0 Å². The first-order chi connectivity index (χ1) is 9.90. The lowest BCUT2D eigenvalue weighted by Crippen LogP contribution is -2.39. The van der Waals surface area contributed by atoms with Crippen molar-refractivity contribution in [2.75, 3.05) is 0 Å². The fraction of sp³-hybridized carbons (Fsp3) is 0.500. The number of piperidine rings is 1. The van der Waals surface area contributed by atoms with Crippen LogP contribution >= 0.6 is 11.6 Å². The zero-order valence-corrected chi connectivity index (χ0v) is 12.7. The van der Waals surface area contributed by atoms with E-state index >= 15 is 0 Å². The SMILES string of the molecule is C[C@@H]1CCC[C@@H](C)N1/N=C\c1cc(Cl)cc([N+](=O)[O-])c1O. The zero-order chi connectivity index (χ0) is 15.6. The molecule has 0 aliphatic carbocycles. The Balaban J connectivity index is 2.30. The summed E-state index contributed by atoms with van der Waals surface area (Å²) in [5.74, 6) is -0.412. The third kappa shape index (κ3) is 3.44. The van der Waals surface area contributed by atoms with E-state index in [0.717, 1.165) is 18.9 Å². The largest absolute Gasteiger partial charge is 0.502 e. The van der Waals surface area contributed by atoms with Crippen LogP contribution in [0.2, 0.25) is 5.02 Å². The molecule has 1 heterocycles. The Bertz CT molecular complexity index is 567. The van der Waals surface area contributed by atoms with Gasteiger partial charge < -0.3 is 5.11 Å². The van der Waals surface area contributed by atoms with Gasteiger partial charge in [-0.1, -0.05) is 11.6 Å². The highest BCUT2D eigenvalue weighted by molar-refractivity contribution is 6.31. The van der Waals surface area contributed by atoms with Crippen LogP contribution in [0.5, 0.6) is 5.75 Å². The molecule has 1 aromatic carbocycles. The number of benzene rings is 1. The van der Waals surface area contributed by atoms with Gasteiger partial charge in [-0.3, -0.25) is 15.1 Å². The minimum atomic E-state index is -0.662. The minimum absolute atomic E-state index is 0.195. The van der Waals surface area contributed by atoms with Crippen molar-refractivity contribution in [1.82, 2.24) is 5.01 Å². The minimum Gasteiger partial charge on any atom is -0.502 e. The van der Waals surface area contributed by atoms with Gasteiger partial charge in [0.1, 0.15) is 0 Å². The number of nitrogens with zero attached hydrogens (tertiary/aromatic N) is 3. The van der Waals surface area contributed by atoms with Crippen LogP contribution in [0.3, 0.4) is 0 Å². The van der Waals surface area contributed by atoms with E-state index in [1.165, 1.54) is 18.7 Å². The van der Waals surface area contributed by atoms with Crippen LogP contribution in [0, 0.1) is 10.1 Å². The Morgan fingerprint density at radius 3 is 2.62 bits per heavy atom. The molecule has 1 N–H and O–H groups in total. The number of phenolic OH excluding ortho intramolecular Hbond substituents is 1. The molecule has 0 amide bonds. The molecule has 1 fully saturated rings. The average molecular weight is 312 g/mol. The quantitative estimate of drug-likeness (QED) is 0.526. The molecule has 1 aliphatic heterocycles. The molecule has 6 nitrogen and oxygen atoms in total. The van der Waals surface area contributed by atoms with Crippen molar-refractivity contribution in [3.8, 4) is 5.75 Å². The summed E-state index contributed by atoms with van der Waals surface area (Å²) in [6.45, 7) is 4.18. The number of hydrazone groups is 1. The van der Waals surface area contributed by atoms with Gasteiger partial charge in [0.2, 0.25) is 5.75 Å². The number of phenols is 1. The van der Waals surface area contributed by atoms with Crippen LogP contribution in [-0.4, -0.2) is 33.3 Å². The molecule has 1 aromatic rings. The monoisotopic (exact) mass is 311 g/mol. The highest BCUT2D eigenvalue weighted by Crippen LogP contribution is 2.32. The lowest BCUT2D eigenvalue weighted by molar-refractivity contribution is -0.385. The van der Waals surface area contributed by atoms with E-state index in [9.17, 15) is 15.2 Å². The Labute approximate surface area is 128 Å². The van der Waals surface area contributed by atoms with Gasteiger partial charge in [-0.25, -0.2) is 0 Å². The van der Waals surface area contributed by atoms with E-state index in [4.69, 9.17) is 11.6 Å². The summed E-state index contributed by atoms with van der Waals surface area (Å²) in [6, 6.07) is 3.20. The van der Waals surface area contributed by atoms with E-state index in [-0.39, 0.29) is 10.6 Å². The Hall–Kier alpha value is -1.82. The molecular formula is C14H18ClN3O3. The second kappa shape index (κ2) is 6.30. The topological polar surface area (TPSA) is 79.0 Å². The standard InChI is InChI=1S/C14H18ClN3O3/c1-9-4-3-5-10(2)17(9)16-8-11-6-12(15)7-13(14(11)19)18(20)21/h6-10,19H,3-5H2,1-2H3/b16-8-/t9-,10-/m1/s1. The maximum absolute atomic E-state index is 10.9. The summed E-state index contributed by atoms with van der Waals surface area (Å²) < 4.78 is 0. The van der Waals surface area contributed by atoms with Crippen molar-refractivity contribution < 1.29 is 10.0 Å². The predicted molar refractivity (Wildman–Crippen MR) is 82.0 cm³/mol. The van der Waals surface area contributed by atoms with Crippen molar-refractivity contribution in [3.05, 3.63) is 32.8 Å². The summed E-state index contributed by atoms with van der Waals surface area (Å²) in [5, 5.41) is 27.4. The van der Waals surface area contributed by atoms with Gasteiger partial charge in [-0.05, 0) is 39.2 Å². The molecule has 21 heavy (non-hydrogen) atoms. The molecule has 0 saturated carbocycles. The molecule has 0 bridgehead atoms. The first kappa shape index (κ1) is 15.6. The summed E-state index contributed by atoms with van der Waals surface area (Å²) in [6.07, 6.45) is 4.72. The normalized spacial score (nSPS) is 22.7. The predicted octanol–water partition coefficient (Wildman–Crippen LogP) is 3.55. The Kier molecular flexibility index (Phi) is 4.67. The first-order valence-electron chi connectivity index (χ1n) is 6.89. The van der Waals surface area contributed by atoms with E-state index < -0.39 is 16.4 Å². The fourth-order valence-corrected chi connectivity index (χ4v) is 2.83. The number of nitro benzene ring substituents is 1.